The van der Waals surface area contributed by atoms with Gasteiger partial charge in [0, 0.05) is 31.3 Å². The Bertz CT molecular complexity index is 485. The molecule has 1 aromatic rings. The maximum absolute atomic E-state index is 11.8. The van der Waals surface area contributed by atoms with Crippen molar-refractivity contribution in [3.63, 3.8) is 0 Å². The van der Waals surface area contributed by atoms with Gasteiger partial charge in [0.1, 0.15) is 0 Å². The number of nitro benzene ring substituents is 1. The van der Waals surface area contributed by atoms with E-state index in [1.165, 1.54) is 6.07 Å². The Labute approximate surface area is 118 Å². The smallest absolute Gasteiger partial charge is 0.272 e. The van der Waals surface area contributed by atoms with Gasteiger partial charge in [0.05, 0.1) is 11.5 Å². The van der Waals surface area contributed by atoms with Crippen molar-refractivity contribution in [2.24, 2.45) is 0 Å². The Hall–Kier alpha value is -1.95. The number of carbonyl (C=O) groups excluding carboxylic acids is 1. The van der Waals surface area contributed by atoms with Gasteiger partial charge < -0.3 is 10.2 Å². The second-order valence-electron chi connectivity index (χ2n) is 4.49. The first kappa shape index (κ1) is 16.1. The molecule has 0 spiro atoms. The van der Waals surface area contributed by atoms with Crippen LogP contribution in [0.15, 0.2) is 18.2 Å². The quantitative estimate of drug-likeness (QED) is 0.610. The first-order valence-electron chi connectivity index (χ1n) is 6.72. The van der Waals surface area contributed by atoms with E-state index in [2.05, 4.69) is 5.32 Å². The molecule has 0 heterocycles. The molecule has 1 aromatic carbocycles. The lowest BCUT2D eigenvalue weighted by Crippen LogP contribution is -2.37. The molecule has 0 atom stereocenters. The summed E-state index contributed by atoms with van der Waals surface area (Å²) < 4.78 is 0. The van der Waals surface area contributed by atoms with Gasteiger partial charge in [0.2, 0.25) is 5.91 Å². The number of nitrogens with zero attached hydrogens (tertiary/aromatic N) is 2. The number of hydrogen-bond donors (Lipinski definition) is 1. The number of amides is 1. The highest BCUT2D eigenvalue weighted by molar-refractivity contribution is 5.78. The highest BCUT2D eigenvalue weighted by Gasteiger charge is 2.13. The molecular formula is C14H21N3O3. The summed E-state index contributed by atoms with van der Waals surface area (Å²) >= 11 is 0. The second kappa shape index (κ2) is 7.59. The lowest BCUT2D eigenvalue weighted by atomic mass is 10.1. The first-order chi connectivity index (χ1) is 9.51. The minimum absolute atomic E-state index is 0.0399. The maximum Gasteiger partial charge on any atom is 0.272 e. The third kappa shape index (κ3) is 4.03. The van der Waals surface area contributed by atoms with E-state index in [1.54, 1.807) is 17.9 Å². The fraction of sp³-hybridized carbons (Fsp3) is 0.500. The molecule has 0 aromatic heterocycles. The molecule has 0 fully saturated rings. The molecule has 1 amide bonds. The molecule has 0 bridgehead atoms. The van der Waals surface area contributed by atoms with Crippen LogP contribution in [0.5, 0.6) is 0 Å². The summed E-state index contributed by atoms with van der Waals surface area (Å²) in [6.45, 7) is 7.66. The number of hydrogen-bond acceptors (Lipinski definition) is 4. The summed E-state index contributed by atoms with van der Waals surface area (Å²) in [7, 11) is 0. The third-order valence-corrected chi connectivity index (χ3v) is 3.32. The summed E-state index contributed by atoms with van der Waals surface area (Å²) in [6, 6.07) is 4.98. The standard InChI is InChI=1S/C14H21N3O3/c1-4-16(5-2)14(18)10-15-9-12-7-6-8-13(11(12)3)17(19)20/h6-8,15H,4-5,9-10H2,1-3H3. The Balaban J connectivity index is 2.61. The number of nitrogens with one attached hydrogen (secondary N) is 1. The van der Waals surface area contributed by atoms with Crippen LogP contribution in [0.25, 0.3) is 0 Å². The minimum atomic E-state index is -0.389. The molecule has 0 saturated heterocycles. The van der Waals surface area contributed by atoms with Crippen LogP contribution in [0.2, 0.25) is 0 Å². The van der Waals surface area contributed by atoms with Crippen LogP contribution in [0.4, 0.5) is 5.69 Å². The monoisotopic (exact) mass is 279 g/mol. The topological polar surface area (TPSA) is 75.5 Å². The predicted molar refractivity (Wildman–Crippen MR) is 77.5 cm³/mol. The SMILES string of the molecule is CCN(CC)C(=O)CNCc1cccc([N+](=O)[O-])c1C. The Morgan fingerprint density at radius 1 is 1.35 bits per heavy atom. The van der Waals surface area contributed by atoms with Gasteiger partial charge in [-0.15, -0.1) is 0 Å². The molecule has 0 unspecified atom stereocenters. The summed E-state index contributed by atoms with van der Waals surface area (Å²) in [4.78, 5) is 24.0. The number of likely N-dealkylation sites (N-methyl/N-ethyl adjacent to an activating group) is 1. The minimum Gasteiger partial charge on any atom is -0.342 e. The average Bonchev–Trinajstić information content (AvgIpc) is 2.41. The summed E-state index contributed by atoms with van der Waals surface area (Å²) in [6.07, 6.45) is 0. The van der Waals surface area contributed by atoms with Crippen molar-refractivity contribution in [2.75, 3.05) is 19.6 Å². The van der Waals surface area contributed by atoms with Crippen LogP contribution in [-0.2, 0) is 11.3 Å². The zero-order chi connectivity index (χ0) is 15.1. The molecule has 0 aliphatic rings. The van der Waals surface area contributed by atoms with Crippen LogP contribution in [0, 0.1) is 17.0 Å². The van der Waals surface area contributed by atoms with Gasteiger partial charge in [-0.25, -0.2) is 0 Å². The molecule has 20 heavy (non-hydrogen) atoms. The van der Waals surface area contributed by atoms with Crippen LogP contribution < -0.4 is 5.32 Å². The lowest BCUT2D eigenvalue weighted by molar-refractivity contribution is -0.385. The van der Waals surface area contributed by atoms with E-state index in [0.29, 0.717) is 25.2 Å². The van der Waals surface area contributed by atoms with Crippen LogP contribution in [0.3, 0.4) is 0 Å². The van der Waals surface area contributed by atoms with Gasteiger partial charge in [-0.3, -0.25) is 14.9 Å². The van der Waals surface area contributed by atoms with Crippen molar-refractivity contribution < 1.29 is 9.72 Å². The van der Waals surface area contributed by atoms with E-state index in [0.717, 1.165) is 5.56 Å². The summed E-state index contributed by atoms with van der Waals surface area (Å²) in [5.74, 6) is 0.0399. The van der Waals surface area contributed by atoms with Crippen molar-refractivity contribution in [3.05, 3.63) is 39.4 Å². The maximum atomic E-state index is 11.8. The number of rotatable bonds is 7. The lowest BCUT2D eigenvalue weighted by Gasteiger charge is -2.18. The van der Waals surface area contributed by atoms with Crippen molar-refractivity contribution in [1.29, 1.82) is 0 Å². The van der Waals surface area contributed by atoms with E-state index in [4.69, 9.17) is 0 Å². The first-order valence-corrected chi connectivity index (χ1v) is 6.72. The Morgan fingerprint density at radius 3 is 2.55 bits per heavy atom. The number of benzene rings is 1. The molecule has 6 heteroatoms. The van der Waals surface area contributed by atoms with Crippen LogP contribution in [0.1, 0.15) is 25.0 Å². The van der Waals surface area contributed by atoms with E-state index in [9.17, 15) is 14.9 Å². The number of carbonyl (C=O) groups is 1. The van der Waals surface area contributed by atoms with E-state index in [-0.39, 0.29) is 23.1 Å². The highest BCUT2D eigenvalue weighted by atomic mass is 16.6. The second-order valence-corrected chi connectivity index (χ2v) is 4.49. The van der Waals surface area contributed by atoms with Gasteiger partial charge in [0.25, 0.3) is 5.69 Å². The van der Waals surface area contributed by atoms with Crippen molar-refractivity contribution in [2.45, 2.75) is 27.3 Å². The van der Waals surface area contributed by atoms with Crippen molar-refractivity contribution >= 4 is 11.6 Å². The van der Waals surface area contributed by atoms with Crippen LogP contribution in [-0.4, -0.2) is 35.4 Å². The van der Waals surface area contributed by atoms with E-state index < -0.39 is 0 Å². The highest BCUT2D eigenvalue weighted by Crippen LogP contribution is 2.20. The fourth-order valence-electron chi connectivity index (χ4n) is 2.05. The molecule has 1 N–H and O–H groups in total. The van der Waals surface area contributed by atoms with E-state index in [1.807, 2.05) is 19.9 Å². The van der Waals surface area contributed by atoms with E-state index >= 15 is 0 Å². The molecule has 0 radical (unpaired) electrons. The summed E-state index contributed by atoms with van der Waals surface area (Å²) in [5, 5.41) is 13.9. The molecule has 6 nitrogen and oxygen atoms in total. The van der Waals surface area contributed by atoms with Gasteiger partial charge in [0.15, 0.2) is 0 Å². The zero-order valence-corrected chi connectivity index (χ0v) is 12.2. The third-order valence-electron chi connectivity index (χ3n) is 3.32. The van der Waals surface area contributed by atoms with Crippen molar-refractivity contribution in [1.82, 2.24) is 10.2 Å². The molecular weight excluding hydrogens is 258 g/mol. The largest absolute Gasteiger partial charge is 0.342 e. The zero-order valence-electron chi connectivity index (χ0n) is 12.2. The number of nitro groups is 1. The Kier molecular flexibility index (Phi) is 6.11. The molecule has 0 aliphatic carbocycles. The van der Waals surface area contributed by atoms with Gasteiger partial charge in [-0.2, -0.15) is 0 Å². The molecule has 110 valence electrons. The molecule has 0 saturated carbocycles. The van der Waals surface area contributed by atoms with Gasteiger partial charge in [-0.1, -0.05) is 12.1 Å². The fourth-order valence-corrected chi connectivity index (χ4v) is 2.05. The average molecular weight is 279 g/mol. The Morgan fingerprint density at radius 2 is 2.00 bits per heavy atom. The van der Waals surface area contributed by atoms with Crippen LogP contribution >= 0.6 is 0 Å². The molecule has 1 rings (SSSR count). The van der Waals surface area contributed by atoms with Gasteiger partial charge in [-0.05, 0) is 26.3 Å². The van der Waals surface area contributed by atoms with Crippen molar-refractivity contribution in [3.8, 4) is 0 Å². The normalized spacial score (nSPS) is 10.3. The predicted octanol–water partition coefficient (Wildman–Crippen LogP) is 1.86. The van der Waals surface area contributed by atoms with Gasteiger partial charge >= 0.3 is 0 Å². The summed E-state index contributed by atoms with van der Waals surface area (Å²) in [5.41, 5.74) is 1.59. The molecule has 0 aliphatic heterocycles.